The van der Waals surface area contributed by atoms with E-state index >= 15 is 0 Å². The van der Waals surface area contributed by atoms with Crippen molar-refractivity contribution in [1.29, 1.82) is 0 Å². The molecular formula is C8H8F2INO. The van der Waals surface area contributed by atoms with Crippen LogP contribution in [0.25, 0.3) is 0 Å². The number of pyridine rings is 1. The Kier molecular flexibility index (Phi) is 3.40. The Morgan fingerprint density at radius 3 is 2.62 bits per heavy atom. The number of aromatic nitrogens is 1. The van der Waals surface area contributed by atoms with Crippen molar-refractivity contribution in [2.24, 2.45) is 0 Å². The van der Waals surface area contributed by atoms with Gasteiger partial charge in [0.2, 0.25) is 5.88 Å². The average molecular weight is 299 g/mol. The SMILES string of the molecule is COc1cc(C(F)F)c(C)c(I)n1. The van der Waals surface area contributed by atoms with Gasteiger partial charge >= 0.3 is 0 Å². The Bertz CT molecular complexity index is 317. The molecule has 1 aromatic heterocycles. The van der Waals surface area contributed by atoms with Gasteiger partial charge in [0.05, 0.1) is 7.11 Å². The summed E-state index contributed by atoms with van der Waals surface area (Å²) in [6.45, 7) is 1.62. The van der Waals surface area contributed by atoms with Crippen LogP contribution in [0.15, 0.2) is 6.07 Å². The minimum absolute atomic E-state index is 0.0174. The van der Waals surface area contributed by atoms with E-state index in [2.05, 4.69) is 4.98 Å². The van der Waals surface area contributed by atoms with E-state index < -0.39 is 6.43 Å². The number of hydrogen-bond acceptors (Lipinski definition) is 2. The van der Waals surface area contributed by atoms with E-state index in [1.165, 1.54) is 13.2 Å². The molecular weight excluding hydrogens is 291 g/mol. The number of ether oxygens (including phenoxy) is 1. The molecule has 0 saturated heterocycles. The van der Waals surface area contributed by atoms with Gasteiger partial charge in [-0.15, -0.1) is 0 Å². The summed E-state index contributed by atoms with van der Waals surface area (Å²) in [7, 11) is 1.41. The molecule has 0 fully saturated rings. The van der Waals surface area contributed by atoms with Gasteiger partial charge in [-0.05, 0) is 35.1 Å². The van der Waals surface area contributed by atoms with Crippen LogP contribution in [0.3, 0.4) is 0 Å². The fourth-order valence-electron chi connectivity index (χ4n) is 0.904. The van der Waals surface area contributed by atoms with Gasteiger partial charge in [-0.1, -0.05) is 0 Å². The Hall–Kier alpha value is -0.460. The number of alkyl halides is 2. The third-order valence-electron chi connectivity index (χ3n) is 1.67. The smallest absolute Gasteiger partial charge is 0.264 e. The number of rotatable bonds is 2. The second-order valence-corrected chi connectivity index (χ2v) is 3.49. The Balaban J connectivity index is 3.25. The average Bonchev–Trinajstić information content (AvgIpc) is 2.09. The summed E-state index contributed by atoms with van der Waals surface area (Å²) in [5.74, 6) is 0.227. The molecule has 13 heavy (non-hydrogen) atoms. The highest BCUT2D eigenvalue weighted by Gasteiger charge is 2.15. The van der Waals surface area contributed by atoms with Gasteiger partial charge in [0.25, 0.3) is 6.43 Å². The van der Waals surface area contributed by atoms with E-state index in [0.29, 0.717) is 9.26 Å². The Labute approximate surface area is 88.5 Å². The number of methoxy groups -OCH3 is 1. The van der Waals surface area contributed by atoms with Crippen molar-refractivity contribution in [3.63, 3.8) is 0 Å². The molecule has 0 spiro atoms. The topological polar surface area (TPSA) is 22.1 Å². The molecule has 0 aliphatic rings. The van der Waals surface area contributed by atoms with Crippen molar-refractivity contribution in [2.75, 3.05) is 7.11 Å². The van der Waals surface area contributed by atoms with Crippen LogP contribution in [-0.2, 0) is 0 Å². The van der Waals surface area contributed by atoms with E-state index in [0.717, 1.165) is 0 Å². The molecule has 1 heterocycles. The summed E-state index contributed by atoms with van der Waals surface area (Å²) in [5, 5.41) is 0. The minimum Gasteiger partial charge on any atom is -0.481 e. The summed E-state index contributed by atoms with van der Waals surface area (Å²) in [6, 6.07) is 1.27. The van der Waals surface area contributed by atoms with E-state index in [9.17, 15) is 8.78 Å². The van der Waals surface area contributed by atoms with Crippen LogP contribution in [0.2, 0.25) is 0 Å². The number of hydrogen-bond donors (Lipinski definition) is 0. The largest absolute Gasteiger partial charge is 0.481 e. The van der Waals surface area contributed by atoms with Crippen LogP contribution in [0.1, 0.15) is 17.6 Å². The maximum atomic E-state index is 12.4. The van der Waals surface area contributed by atoms with Gasteiger partial charge in [-0.3, -0.25) is 0 Å². The van der Waals surface area contributed by atoms with Gasteiger partial charge in [-0.2, -0.15) is 0 Å². The first-order valence-electron chi connectivity index (χ1n) is 3.55. The number of halogens is 3. The first-order chi connectivity index (χ1) is 6.06. The highest BCUT2D eigenvalue weighted by Crippen LogP contribution is 2.27. The monoisotopic (exact) mass is 299 g/mol. The fourth-order valence-corrected chi connectivity index (χ4v) is 1.45. The van der Waals surface area contributed by atoms with Crippen molar-refractivity contribution in [2.45, 2.75) is 13.3 Å². The molecule has 0 aliphatic heterocycles. The molecule has 0 aliphatic carbocycles. The first-order valence-corrected chi connectivity index (χ1v) is 4.63. The second kappa shape index (κ2) is 4.17. The van der Waals surface area contributed by atoms with Crippen molar-refractivity contribution in [3.8, 4) is 5.88 Å². The zero-order valence-electron chi connectivity index (χ0n) is 7.14. The standard InChI is InChI=1S/C8H8F2INO/c1-4-5(7(9)10)3-6(13-2)12-8(4)11/h3,7H,1-2H3. The van der Waals surface area contributed by atoms with E-state index in [1.54, 1.807) is 6.92 Å². The Morgan fingerprint density at radius 2 is 2.15 bits per heavy atom. The molecule has 2 nitrogen and oxygen atoms in total. The van der Waals surface area contributed by atoms with Gasteiger partial charge in [-0.25, -0.2) is 13.8 Å². The highest BCUT2D eigenvalue weighted by atomic mass is 127. The van der Waals surface area contributed by atoms with Crippen LogP contribution >= 0.6 is 22.6 Å². The molecule has 0 N–H and O–H groups in total. The molecule has 1 rings (SSSR count). The fraction of sp³-hybridized carbons (Fsp3) is 0.375. The normalized spacial score (nSPS) is 10.6. The molecule has 0 saturated carbocycles. The molecule has 1 aromatic rings. The van der Waals surface area contributed by atoms with Crippen LogP contribution in [0.4, 0.5) is 8.78 Å². The van der Waals surface area contributed by atoms with Crippen LogP contribution in [0, 0.1) is 10.6 Å². The zero-order valence-corrected chi connectivity index (χ0v) is 9.30. The van der Waals surface area contributed by atoms with E-state index in [-0.39, 0.29) is 11.4 Å². The lowest BCUT2D eigenvalue weighted by atomic mass is 10.2. The van der Waals surface area contributed by atoms with Crippen LogP contribution in [0.5, 0.6) is 5.88 Å². The van der Waals surface area contributed by atoms with Crippen molar-refractivity contribution in [3.05, 3.63) is 20.9 Å². The molecule has 0 atom stereocenters. The molecule has 72 valence electrons. The van der Waals surface area contributed by atoms with E-state index in [4.69, 9.17) is 4.74 Å². The molecule has 0 amide bonds. The third-order valence-corrected chi connectivity index (χ3v) is 2.72. The van der Waals surface area contributed by atoms with Crippen molar-refractivity contribution in [1.82, 2.24) is 4.98 Å². The maximum Gasteiger partial charge on any atom is 0.264 e. The lowest BCUT2D eigenvalue weighted by Gasteiger charge is -2.08. The maximum absolute atomic E-state index is 12.4. The van der Waals surface area contributed by atoms with Crippen molar-refractivity contribution >= 4 is 22.6 Å². The van der Waals surface area contributed by atoms with Gasteiger partial charge in [0.1, 0.15) is 3.70 Å². The highest BCUT2D eigenvalue weighted by molar-refractivity contribution is 14.1. The molecule has 0 bridgehead atoms. The summed E-state index contributed by atoms with van der Waals surface area (Å²) in [6.07, 6.45) is -2.48. The summed E-state index contributed by atoms with van der Waals surface area (Å²) < 4.78 is 30.2. The number of nitrogens with zero attached hydrogens (tertiary/aromatic N) is 1. The predicted octanol–water partition coefficient (Wildman–Crippen LogP) is 2.94. The van der Waals surface area contributed by atoms with Gasteiger partial charge < -0.3 is 4.74 Å². The van der Waals surface area contributed by atoms with Crippen molar-refractivity contribution < 1.29 is 13.5 Å². The summed E-state index contributed by atoms with van der Waals surface area (Å²) in [4.78, 5) is 3.97. The summed E-state index contributed by atoms with van der Waals surface area (Å²) >= 11 is 1.91. The molecule has 5 heteroatoms. The third kappa shape index (κ3) is 2.26. The summed E-state index contributed by atoms with van der Waals surface area (Å²) in [5.41, 5.74) is 0.493. The Morgan fingerprint density at radius 1 is 1.54 bits per heavy atom. The van der Waals surface area contributed by atoms with Gasteiger partial charge in [0.15, 0.2) is 0 Å². The second-order valence-electron chi connectivity index (χ2n) is 2.47. The molecule has 0 aromatic carbocycles. The minimum atomic E-state index is -2.48. The lowest BCUT2D eigenvalue weighted by molar-refractivity contribution is 0.150. The van der Waals surface area contributed by atoms with Crippen LogP contribution < -0.4 is 4.74 Å². The molecule has 0 radical (unpaired) electrons. The first kappa shape index (κ1) is 10.6. The van der Waals surface area contributed by atoms with Crippen LogP contribution in [-0.4, -0.2) is 12.1 Å². The quantitative estimate of drug-likeness (QED) is 0.619. The predicted molar refractivity (Wildman–Crippen MR) is 53.2 cm³/mol. The van der Waals surface area contributed by atoms with E-state index in [1.807, 2.05) is 22.6 Å². The zero-order chi connectivity index (χ0) is 10.0. The van der Waals surface area contributed by atoms with Gasteiger partial charge in [0, 0.05) is 11.6 Å². The lowest BCUT2D eigenvalue weighted by Crippen LogP contribution is -1.98. The molecule has 0 unspecified atom stereocenters.